The Balaban J connectivity index is 1.87. The summed E-state index contributed by atoms with van der Waals surface area (Å²) in [7, 11) is -3.54. The summed E-state index contributed by atoms with van der Waals surface area (Å²) in [6, 6.07) is 4.62. The van der Waals surface area contributed by atoms with Crippen LogP contribution in [0.5, 0.6) is 0 Å². The molecule has 0 aliphatic carbocycles. The number of fused-ring (bicyclic) bond motifs is 1. The molecule has 0 unspecified atom stereocenters. The maximum absolute atomic E-state index is 11.9. The number of carbonyl (C=O) groups excluding carboxylic acids is 1. The number of urea groups is 1. The Morgan fingerprint density at radius 2 is 2.18 bits per heavy atom. The average Bonchev–Trinajstić information content (AvgIpc) is 2.92. The van der Waals surface area contributed by atoms with E-state index in [-0.39, 0.29) is 12.3 Å². The van der Waals surface area contributed by atoms with Crippen LogP contribution in [0.3, 0.4) is 0 Å². The van der Waals surface area contributed by atoms with Gasteiger partial charge in [0, 0.05) is 25.5 Å². The fourth-order valence-electron chi connectivity index (χ4n) is 1.74. The number of amides is 2. The molecular formula is C13H17N5O3S. The van der Waals surface area contributed by atoms with Gasteiger partial charge in [0.2, 0.25) is 10.0 Å². The van der Waals surface area contributed by atoms with E-state index < -0.39 is 16.1 Å². The van der Waals surface area contributed by atoms with E-state index >= 15 is 0 Å². The molecule has 2 amide bonds. The van der Waals surface area contributed by atoms with Crippen LogP contribution in [0.15, 0.2) is 43.2 Å². The zero-order valence-electron chi connectivity index (χ0n) is 11.8. The first-order valence-electron chi connectivity index (χ1n) is 6.57. The molecule has 0 fully saturated rings. The number of hydrogen-bond acceptors (Lipinski definition) is 4. The number of nitrogens with one attached hydrogen (secondary N) is 3. The molecule has 2 rings (SSSR count). The predicted octanol–water partition coefficient (Wildman–Crippen LogP) is 0.561. The normalized spacial score (nSPS) is 11.1. The van der Waals surface area contributed by atoms with Crippen LogP contribution in [-0.4, -0.2) is 42.9 Å². The molecular weight excluding hydrogens is 306 g/mol. The van der Waals surface area contributed by atoms with E-state index in [1.807, 2.05) is 0 Å². The van der Waals surface area contributed by atoms with Crippen LogP contribution >= 0.6 is 0 Å². The van der Waals surface area contributed by atoms with Crippen molar-refractivity contribution in [3.05, 3.63) is 43.2 Å². The Bertz CT molecular complexity index is 769. The molecule has 118 valence electrons. The molecule has 22 heavy (non-hydrogen) atoms. The van der Waals surface area contributed by atoms with E-state index in [0.29, 0.717) is 12.2 Å². The van der Waals surface area contributed by atoms with Gasteiger partial charge in [-0.15, -0.1) is 6.58 Å². The van der Waals surface area contributed by atoms with Crippen molar-refractivity contribution in [3.63, 3.8) is 0 Å². The molecule has 0 aromatic carbocycles. The number of hydrogen-bond donors (Lipinski definition) is 3. The fraction of sp³-hybridized carbons (Fsp3) is 0.231. The molecule has 0 saturated carbocycles. The van der Waals surface area contributed by atoms with Crippen molar-refractivity contribution in [1.29, 1.82) is 0 Å². The predicted molar refractivity (Wildman–Crippen MR) is 84.2 cm³/mol. The molecule has 0 aliphatic heterocycles. The summed E-state index contributed by atoms with van der Waals surface area (Å²) in [6.45, 7) is 3.79. The molecule has 0 atom stereocenters. The highest BCUT2D eigenvalue weighted by Crippen LogP contribution is 2.12. The molecule has 0 saturated heterocycles. The quantitative estimate of drug-likeness (QED) is 0.648. The highest BCUT2D eigenvalue weighted by Gasteiger charge is 2.11. The summed E-state index contributed by atoms with van der Waals surface area (Å²) >= 11 is 0. The zero-order valence-corrected chi connectivity index (χ0v) is 12.6. The molecule has 0 radical (unpaired) electrons. The minimum Gasteiger partial charge on any atom is -0.337 e. The van der Waals surface area contributed by atoms with Crippen LogP contribution in [0.2, 0.25) is 0 Å². The van der Waals surface area contributed by atoms with E-state index in [2.05, 4.69) is 27.0 Å². The van der Waals surface area contributed by atoms with Gasteiger partial charge in [-0.25, -0.2) is 17.7 Å². The third-order valence-corrected chi connectivity index (χ3v) is 4.02. The van der Waals surface area contributed by atoms with Crippen molar-refractivity contribution in [1.82, 2.24) is 20.2 Å². The number of aromatic nitrogens is 2. The Labute approximate surface area is 128 Å². The first-order valence-corrected chi connectivity index (χ1v) is 8.22. The summed E-state index contributed by atoms with van der Waals surface area (Å²) in [5.41, 5.74) is 1.23. The molecule has 0 spiro atoms. The largest absolute Gasteiger partial charge is 0.337 e. The second kappa shape index (κ2) is 6.94. The van der Waals surface area contributed by atoms with Crippen molar-refractivity contribution >= 4 is 27.3 Å². The molecule has 2 aromatic heterocycles. The van der Waals surface area contributed by atoms with Crippen LogP contribution in [0.4, 0.5) is 10.5 Å². The van der Waals surface area contributed by atoms with Gasteiger partial charge < -0.3 is 10.6 Å². The standard InChI is InChI=1S/C13H17N5O3S/c1-2-5-14-13(19)15-7-9-22(20,21)17-11-4-8-18-12(10-11)3-6-16-18/h2-4,6,8,10,17H,1,5,7,9H2,(H2,14,15,19). The van der Waals surface area contributed by atoms with E-state index in [0.717, 1.165) is 5.52 Å². The SMILES string of the molecule is C=CCNC(=O)NCCS(=O)(=O)Nc1ccn2nccc2c1. The zero-order chi connectivity index (χ0) is 16.0. The number of carbonyl (C=O) groups is 1. The highest BCUT2D eigenvalue weighted by atomic mass is 32.2. The first-order chi connectivity index (χ1) is 10.5. The van der Waals surface area contributed by atoms with Gasteiger partial charge in [0.05, 0.1) is 17.0 Å². The topological polar surface area (TPSA) is 105 Å². The van der Waals surface area contributed by atoms with Gasteiger partial charge in [-0.3, -0.25) is 4.72 Å². The van der Waals surface area contributed by atoms with Gasteiger partial charge >= 0.3 is 6.03 Å². The Morgan fingerprint density at radius 1 is 1.36 bits per heavy atom. The molecule has 2 aromatic rings. The molecule has 9 heteroatoms. The van der Waals surface area contributed by atoms with Gasteiger partial charge in [0.1, 0.15) is 0 Å². The Kier molecular flexibility index (Phi) is 4.99. The molecule has 3 N–H and O–H groups in total. The number of pyridine rings is 1. The van der Waals surface area contributed by atoms with Crippen molar-refractivity contribution in [2.24, 2.45) is 0 Å². The first kappa shape index (κ1) is 15.8. The van der Waals surface area contributed by atoms with E-state index in [9.17, 15) is 13.2 Å². The van der Waals surface area contributed by atoms with Crippen molar-refractivity contribution in [2.75, 3.05) is 23.6 Å². The van der Waals surface area contributed by atoms with E-state index in [1.165, 1.54) is 6.08 Å². The summed E-state index contributed by atoms with van der Waals surface area (Å²) < 4.78 is 28.0. The van der Waals surface area contributed by atoms with Gasteiger partial charge in [0.15, 0.2) is 0 Å². The lowest BCUT2D eigenvalue weighted by Crippen LogP contribution is -2.38. The van der Waals surface area contributed by atoms with Crippen molar-refractivity contribution < 1.29 is 13.2 Å². The van der Waals surface area contributed by atoms with Gasteiger partial charge in [-0.2, -0.15) is 5.10 Å². The van der Waals surface area contributed by atoms with Crippen LogP contribution in [-0.2, 0) is 10.0 Å². The van der Waals surface area contributed by atoms with Crippen molar-refractivity contribution in [2.45, 2.75) is 0 Å². The third kappa shape index (κ3) is 4.48. The molecule has 8 nitrogen and oxygen atoms in total. The smallest absolute Gasteiger partial charge is 0.315 e. The Morgan fingerprint density at radius 3 is 2.95 bits per heavy atom. The fourth-order valence-corrected chi connectivity index (χ4v) is 2.70. The second-order valence-corrected chi connectivity index (χ2v) is 6.30. The summed E-state index contributed by atoms with van der Waals surface area (Å²) in [6.07, 6.45) is 4.82. The maximum atomic E-state index is 11.9. The third-order valence-electron chi connectivity index (χ3n) is 2.74. The van der Waals surface area contributed by atoms with Gasteiger partial charge in [0.25, 0.3) is 0 Å². The average molecular weight is 323 g/mol. The van der Waals surface area contributed by atoms with Crippen LogP contribution in [0.25, 0.3) is 5.52 Å². The summed E-state index contributed by atoms with van der Waals surface area (Å²) in [5, 5.41) is 8.97. The summed E-state index contributed by atoms with van der Waals surface area (Å²) in [5.74, 6) is -0.223. The highest BCUT2D eigenvalue weighted by molar-refractivity contribution is 7.92. The molecule has 2 heterocycles. The minimum absolute atomic E-state index is 0.00718. The monoisotopic (exact) mass is 323 g/mol. The molecule has 0 bridgehead atoms. The number of sulfonamides is 1. The Hall–Kier alpha value is -2.55. The van der Waals surface area contributed by atoms with Gasteiger partial charge in [-0.05, 0) is 18.2 Å². The van der Waals surface area contributed by atoms with Crippen LogP contribution in [0, 0.1) is 0 Å². The number of nitrogens with zero attached hydrogens (tertiary/aromatic N) is 2. The lowest BCUT2D eigenvalue weighted by molar-refractivity contribution is 0.242. The minimum atomic E-state index is -3.54. The summed E-state index contributed by atoms with van der Waals surface area (Å²) in [4.78, 5) is 11.3. The number of anilines is 1. The lowest BCUT2D eigenvalue weighted by Gasteiger charge is -2.09. The van der Waals surface area contributed by atoms with Gasteiger partial charge in [-0.1, -0.05) is 6.08 Å². The molecule has 0 aliphatic rings. The maximum Gasteiger partial charge on any atom is 0.315 e. The van der Waals surface area contributed by atoms with Crippen molar-refractivity contribution in [3.8, 4) is 0 Å². The van der Waals surface area contributed by atoms with E-state index in [1.54, 1.807) is 35.1 Å². The van der Waals surface area contributed by atoms with Crippen LogP contribution in [0.1, 0.15) is 0 Å². The van der Waals surface area contributed by atoms with E-state index in [4.69, 9.17) is 0 Å². The van der Waals surface area contributed by atoms with Crippen LogP contribution < -0.4 is 15.4 Å². The number of rotatable bonds is 7. The second-order valence-electron chi connectivity index (χ2n) is 4.46. The lowest BCUT2D eigenvalue weighted by atomic mass is 10.4.